The Hall–Kier alpha value is -4.29. The molecule has 38 heavy (non-hydrogen) atoms. The molecule has 0 spiro atoms. The van der Waals surface area contributed by atoms with Gasteiger partial charge in [0.15, 0.2) is 11.5 Å². The fraction of sp³-hybridized carbons (Fsp3) is 0.219. The summed E-state index contributed by atoms with van der Waals surface area (Å²) in [5.74, 6) is 1.83. The molecule has 1 amide bonds. The number of rotatable bonds is 8. The van der Waals surface area contributed by atoms with Crippen LogP contribution < -0.4 is 19.1 Å². The van der Waals surface area contributed by atoms with Gasteiger partial charge < -0.3 is 24.2 Å². The van der Waals surface area contributed by atoms with Gasteiger partial charge >= 0.3 is 0 Å². The zero-order valence-electron chi connectivity index (χ0n) is 21.1. The van der Waals surface area contributed by atoms with Crippen molar-refractivity contribution in [3.05, 3.63) is 120 Å². The molecule has 2 aliphatic heterocycles. The predicted octanol–water partition coefficient (Wildman–Crippen LogP) is 5.84. The average molecular weight is 508 g/mol. The Balaban J connectivity index is 1.34. The maximum Gasteiger partial charge on any atom is 0.233 e. The van der Waals surface area contributed by atoms with Crippen molar-refractivity contribution in [1.29, 1.82) is 0 Å². The number of benzene rings is 4. The van der Waals surface area contributed by atoms with E-state index in [1.807, 2.05) is 108 Å². The Morgan fingerprint density at radius 2 is 1.50 bits per heavy atom. The van der Waals surface area contributed by atoms with E-state index < -0.39 is 5.60 Å². The van der Waals surface area contributed by atoms with Crippen LogP contribution in [0.5, 0.6) is 17.2 Å². The van der Waals surface area contributed by atoms with Gasteiger partial charge in [-0.15, -0.1) is 0 Å². The Bertz CT molecular complexity index is 1380. The molecule has 0 aliphatic carbocycles. The minimum atomic E-state index is -1.22. The van der Waals surface area contributed by atoms with Gasteiger partial charge in [-0.1, -0.05) is 66.7 Å². The highest BCUT2D eigenvalue weighted by atomic mass is 16.7. The molecule has 2 atom stereocenters. The van der Waals surface area contributed by atoms with Crippen molar-refractivity contribution in [3.63, 3.8) is 0 Å². The number of fused-ring (bicyclic) bond motifs is 1. The van der Waals surface area contributed by atoms with Crippen LogP contribution in [0.4, 0.5) is 5.69 Å². The standard InChI is InChI=1S/C32H29NO5/c1-36-26-15-13-25(14-16-26)33-30(22-12-17-28-29(20-22)38-21-37-28)27(31(33)34)18-19-32(35,23-8-4-2-5-9-23)24-10-6-3-7-11-24/h2-17,20,27,30,35H,18-19,21H2,1H3. The monoisotopic (exact) mass is 507 g/mol. The summed E-state index contributed by atoms with van der Waals surface area (Å²) < 4.78 is 16.5. The van der Waals surface area contributed by atoms with E-state index in [-0.39, 0.29) is 24.7 Å². The summed E-state index contributed by atoms with van der Waals surface area (Å²) in [7, 11) is 1.62. The third-order valence-electron chi connectivity index (χ3n) is 7.62. The van der Waals surface area contributed by atoms with Gasteiger partial charge in [0.05, 0.1) is 19.1 Å². The van der Waals surface area contributed by atoms with E-state index in [1.165, 1.54) is 0 Å². The first-order valence-electron chi connectivity index (χ1n) is 12.8. The van der Waals surface area contributed by atoms with Gasteiger partial charge in [0.1, 0.15) is 11.4 Å². The number of hydrogen-bond acceptors (Lipinski definition) is 5. The number of ether oxygens (including phenoxy) is 3. The molecular weight excluding hydrogens is 478 g/mol. The van der Waals surface area contributed by atoms with Gasteiger partial charge in [0.25, 0.3) is 0 Å². The molecule has 1 N–H and O–H groups in total. The van der Waals surface area contributed by atoms with Crippen LogP contribution in [0.2, 0.25) is 0 Å². The molecular formula is C32H29NO5. The molecule has 2 aliphatic rings. The summed E-state index contributed by atoms with van der Waals surface area (Å²) in [5, 5.41) is 12.1. The van der Waals surface area contributed by atoms with E-state index in [0.29, 0.717) is 24.3 Å². The molecule has 6 heteroatoms. The number of carbonyl (C=O) groups is 1. The molecule has 1 saturated heterocycles. The fourth-order valence-corrected chi connectivity index (χ4v) is 5.59. The fourth-order valence-electron chi connectivity index (χ4n) is 5.59. The first kappa shape index (κ1) is 24.1. The number of nitrogens with zero attached hydrogens (tertiary/aromatic N) is 1. The van der Waals surface area contributed by atoms with Gasteiger partial charge in [0, 0.05) is 5.69 Å². The predicted molar refractivity (Wildman–Crippen MR) is 144 cm³/mol. The third-order valence-corrected chi connectivity index (χ3v) is 7.62. The lowest BCUT2D eigenvalue weighted by molar-refractivity contribution is -0.131. The quantitative estimate of drug-likeness (QED) is 0.303. The zero-order chi connectivity index (χ0) is 26.1. The van der Waals surface area contributed by atoms with E-state index in [0.717, 1.165) is 28.1 Å². The van der Waals surface area contributed by atoms with Crippen molar-refractivity contribution in [3.8, 4) is 17.2 Å². The van der Waals surface area contributed by atoms with E-state index in [2.05, 4.69) is 0 Å². The van der Waals surface area contributed by atoms with Crippen LogP contribution in [0.1, 0.15) is 35.6 Å². The number of methoxy groups -OCH3 is 1. The number of amides is 1. The van der Waals surface area contributed by atoms with Crippen molar-refractivity contribution in [2.75, 3.05) is 18.8 Å². The Labute approximate surface area is 222 Å². The third kappa shape index (κ3) is 4.17. The topological polar surface area (TPSA) is 68.2 Å². The summed E-state index contributed by atoms with van der Waals surface area (Å²) in [6.45, 7) is 0.190. The first-order chi connectivity index (χ1) is 18.6. The highest BCUT2D eigenvalue weighted by Gasteiger charge is 2.50. The summed E-state index contributed by atoms with van der Waals surface area (Å²) in [5.41, 5.74) is 2.17. The number of β-lactam (4-membered cyclic amide) rings is 1. The highest BCUT2D eigenvalue weighted by molar-refractivity contribution is 6.03. The van der Waals surface area contributed by atoms with E-state index in [1.54, 1.807) is 7.11 Å². The average Bonchev–Trinajstić information content (AvgIpc) is 3.45. The molecule has 6 rings (SSSR count). The van der Waals surface area contributed by atoms with E-state index in [4.69, 9.17) is 14.2 Å². The van der Waals surface area contributed by atoms with Gasteiger partial charge in [-0.25, -0.2) is 0 Å². The highest BCUT2D eigenvalue weighted by Crippen LogP contribution is 2.49. The van der Waals surface area contributed by atoms with E-state index >= 15 is 0 Å². The molecule has 6 nitrogen and oxygen atoms in total. The molecule has 0 aromatic heterocycles. The SMILES string of the molecule is COc1ccc(N2C(=O)C(CCC(O)(c3ccccc3)c3ccccc3)C2c2ccc3c(c2)OCO3)cc1. The lowest BCUT2D eigenvalue weighted by atomic mass is 9.74. The minimum Gasteiger partial charge on any atom is -0.497 e. The van der Waals surface area contributed by atoms with Crippen LogP contribution in [-0.2, 0) is 10.4 Å². The summed E-state index contributed by atoms with van der Waals surface area (Å²) in [6, 6.07) is 32.5. The van der Waals surface area contributed by atoms with Gasteiger partial charge in [-0.3, -0.25) is 4.79 Å². The van der Waals surface area contributed by atoms with Crippen molar-refractivity contribution >= 4 is 11.6 Å². The summed E-state index contributed by atoms with van der Waals surface area (Å²) in [4.78, 5) is 15.5. The molecule has 2 unspecified atom stereocenters. The Morgan fingerprint density at radius 3 is 2.13 bits per heavy atom. The minimum absolute atomic E-state index is 0.0290. The van der Waals surface area contributed by atoms with E-state index in [9.17, 15) is 9.90 Å². The Morgan fingerprint density at radius 1 is 0.868 bits per heavy atom. The van der Waals surface area contributed by atoms with Gasteiger partial charge in [0.2, 0.25) is 12.7 Å². The molecule has 2 heterocycles. The number of anilines is 1. The second-order valence-corrected chi connectivity index (χ2v) is 9.70. The largest absolute Gasteiger partial charge is 0.497 e. The molecule has 0 bridgehead atoms. The summed E-state index contributed by atoms with van der Waals surface area (Å²) in [6.07, 6.45) is 0.903. The smallest absolute Gasteiger partial charge is 0.233 e. The van der Waals surface area contributed by atoms with Crippen molar-refractivity contribution < 1.29 is 24.1 Å². The maximum atomic E-state index is 13.7. The molecule has 1 fully saturated rings. The van der Waals surface area contributed by atoms with Crippen molar-refractivity contribution in [2.24, 2.45) is 5.92 Å². The number of hydrogen-bond donors (Lipinski definition) is 1. The van der Waals surface area contributed by atoms with Crippen LogP contribution in [0.15, 0.2) is 103 Å². The lowest BCUT2D eigenvalue weighted by Crippen LogP contribution is -2.55. The Kier molecular flexibility index (Phi) is 6.26. The van der Waals surface area contributed by atoms with Gasteiger partial charge in [-0.2, -0.15) is 0 Å². The molecule has 0 radical (unpaired) electrons. The van der Waals surface area contributed by atoms with Crippen molar-refractivity contribution in [2.45, 2.75) is 24.5 Å². The van der Waals surface area contributed by atoms with Crippen LogP contribution in [0.25, 0.3) is 0 Å². The molecule has 4 aromatic rings. The normalized spacial score (nSPS) is 18.3. The second-order valence-electron chi connectivity index (χ2n) is 9.70. The molecule has 0 saturated carbocycles. The van der Waals surface area contributed by atoms with Crippen LogP contribution in [0.3, 0.4) is 0 Å². The molecule has 192 valence electrons. The van der Waals surface area contributed by atoms with Gasteiger partial charge in [-0.05, 0) is 65.9 Å². The second kappa shape index (κ2) is 9.88. The molecule has 4 aromatic carbocycles. The zero-order valence-corrected chi connectivity index (χ0v) is 21.1. The first-order valence-corrected chi connectivity index (χ1v) is 12.8. The van der Waals surface area contributed by atoms with Crippen LogP contribution >= 0.6 is 0 Å². The summed E-state index contributed by atoms with van der Waals surface area (Å²) >= 11 is 0. The number of aliphatic hydroxyl groups is 1. The van der Waals surface area contributed by atoms with Crippen LogP contribution in [-0.4, -0.2) is 24.9 Å². The van der Waals surface area contributed by atoms with Crippen molar-refractivity contribution in [1.82, 2.24) is 0 Å². The lowest BCUT2D eigenvalue weighted by Gasteiger charge is -2.48. The van der Waals surface area contributed by atoms with Crippen LogP contribution in [0, 0.1) is 5.92 Å². The maximum absolute atomic E-state index is 13.7. The number of carbonyl (C=O) groups excluding carboxylic acids is 1.